The van der Waals surface area contributed by atoms with Gasteiger partial charge in [-0.25, -0.2) is 0 Å². The van der Waals surface area contributed by atoms with Crippen LogP contribution < -0.4 is 10.2 Å². The molecule has 1 fully saturated rings. The lowest BCUT2D eigenvalue weighted by Crippen LogP contribution is -2.41. The quantitative estimate of drug-likeness (QED) is 0.319. The second kappa shape index (κ2) is 11.0. The van der Waals surface area contributed by atoms with Crippen LogP contribution in [-0.4, -0.2) is 43.7 Å². The van der Waals surface area contributed by atoms with Crippen LogP contribution in [0.5, 0.6) is 0 Å². The van der Waals surface area contributed by atoms with Gasteiger partial charge in [0.25, 0.3) is 0 Å². The van der Waals surface area contributed by atoms with Crippen LogP contribution in [0.3, 0.4) is 0 Å². The van der Waals surface area contributed by atoms with E-state index in [9.17, 15) is 23.1 Å². The molecule has 0 amide bonds. The number of carboxylic acids is 1. The molecule has 1 saturated carbocycles. The van der Waals surface area contributed by atoms with Crippen molar-refractivity contribution in [3.05, 3.63) is 29.6 Å². The van der Waals surface area contributed by atoms with Crippen molar-refractivity contribution in [3.63, 3.8) is 0 Å². The van der Waals surface area contributed by atoms with E-state index < -0.39 is 18.0 Å². The number of nitrogens with one attached hydrogen (secondary N) is 2. The molecule has 3 rings (SSSR count). The molecule has 1 aliphatic rings. The molecule has 1 aliphatic carbocycles. The number of alkyl halides is 4. The molecule has 0 radical (unpaired) electrons. The van der Waals surface area contributed by atoms with E-state index >= 15 is 0 Å². The summed E-state index contributed by atoms with van der Waals surface area (Å²) in [6.07, 6.45) is -0.596. The number of carbonyl (C=O) groups is 1. The third-order valence-electron chi connectivity index (χ3n) is 6.01. The van der Waals surface area contributed by atoms with Gasteiger partial charge >= 0.3 is 12.1 Å². The predicted octanol–water partition coefficient (Wildman–Crippen LogP) is 6.31. The Hall–Kier alpha value is -2.30. The number of hydrogen-bond acceptors (Lipinski definition) is 5. The number of nitrogens with zero attached hydrogens (tertiary/aromatic N) is 3. The standard InChI is InChI=1S/C23H31BrF3N5O2/c1-13(2)12-32(17-7-5-16(24)6-8-17)19-9-4-15(14(3)10-20(33)34)11-18(19)28-22-29-21(30-31-22)23(25,26)27/h4,9,11,13-14,16-17H,5-8,10,12H2,1-3H3,(H,33,34)(H2,28,29,30,31)/t14-,16?,17?/m1/s1. The van der Waals surface area contributed by atoms with Gasteiger partial charge in [0.2, 0.25) is 11.8 Å². The third kappa shape index (κ3) is 6.86. The van der Waals surface area contributed by atoms with Crippen LogP contribution in [0, 0.1) is 5.92 Å². The SMILES string of the molecule is CC(C)CN(c1ccc([C@H](C)CC(=O)O)cc1Nc1n[nH]c(C(F)(F)F)n1)C1CCC(Br)CC1. The molecule has 11 heteroatoms. The first-order chi connectivity index (χ1) is 15.9. The van der Waals surface area contributed by atoms with E-state index in [1.165, 1.54) is 0 Å². The van der Waals surface area contributed by atoms with E-state index in [2.05, 4.69) is 50.1 Å². The lowest BCUT2D eigenvalue weighted by molar-refractivity contribution is -0.144. The van der Waals surface area contributed by atoms with Crippen LogP contribution in [-0.2, 0) is 11.0 Å². The first-order valence-corrected chi connectivity index (χ1v) is 12.4. The summed E-state index contributed by atoms with van der Waals surface area (Å²) in [5, 5.41) is 17.8. The van der Waals surface area contributed by atoms with Gasteiger partial charge in [-0.1, -0.05) is 42.8 Å². The summed E-state index contributed by atoms with van der Waals surface area (Å²) in [4.78, 5) is 17.6. The Kier molecular flexibility index (Phi) is 8.48. The molecule has 0 unspecified atom stereocenters. The number of hydrogen-bond donors (Lipinski definition) is 3. The molecule has 1 aromatic carbocycles. The molecule has 0 saturated heterocycles. The fourth-order valence-corrected chi connectivity index (χ4v) is 4.87. The molecule has 34 heavy (non-hydrogen) atoms. The van der Waals surface area contributed by atoms with Gasteiger partial charge in [-0.2, -0.15) is 18.2 Å². The zero-order chi connectivity index (χ0) is 25.0. The summed E-state index contributed by atoms with van der Waals surface area (Å²) >= 11 is 3.70. The maximum Gasteiger partial charge on any atom is 0.451 e. The van der Waals surface area contributed by atoms with Crippen molar-refractivity contribution in [2.45, 2.75) is 75.8 Å². The zero-order valence-corrected chi connectivity index (χ0v) is 21.1. The van der Waals surface area contributed by atoms with Gasteiger partial charge in [0.15, 0.2) is 0 Å². The number of aromatic nitrogens is 3. The summed E-state index contributed by atoms with van der Waals surface area (Å²) in [6.45, 7) is 6.84. The third-order valence-corrected chi connectivity index (χ3v) is 6.92. The largest absolute Gasteiger partial charge is 0.481 e. The Morgan fingerprint density at radius 3 is 2.50 bits per heavy atom. The molecule has 0 spiro atoms. The molecule has 1 heterocycles. The number of aliphatic carboxylic acids is 1. The fourth-order valence-electron chi connectivity index (χ4n) is 4.34. The lowest BCUT2D eigenvalue weighted by atomic mass is 9.92. The van der Waals surface area contributed by atoms with E-state index in [4.69, 9.17) is 0 Å². The molecular formula is C23H31BrF3N5O2. The Balaban J connectivity index is 2.00. The number of benzene rings is 1. The van der Waals surface area contributed by atoms with Crippen LogP contribution in [0.1, 0.15) is 70.2 Å². The topological polar surface area (TPSA) is 94.1 Å². The molecule has 1 atom stereocenters. The fraction of sp³-hybridized carbons (Fsp3) is 0.609. The van der Waals surface area contributed by atoms with Crippen LogP contribution in [0.2, 0.25) is 0 Å². The minimum Gasteiger partial charge on any atom is -0.481 e. The highest BCUT2D eigenvalue weighted by atomic mass is 79.9. The van der Waals surface area contributed by atoms with E-state index in [1.807, 2.05) is 24.2 Å². The Labute approximate surface area is 205 Å². The molecule has 188 valence electrons. The van der Waals surface area contributed by atoms with Gasteiger partial charge in [0.1, 0.15) is 0 Å². The van der Waals surface area contributed by atoms with Gasteiger partial charge in [-0.3, -0.25) is 9.89 Å². The summed E-state index contributed by atoms with van der Waals surface area (Å²) in [6, 6.07) is 5.92. The maximum absolute atomic E-state index is 13.0. The Morgan fingerprint density at radius 2 is 1.94 bits per heavy atom. The van der Waals surface area contributed by atoms with Crippen LogP contribution in [0.15, 0.2) is 18.2 Å². The van der Waals surface area contributed by atoms with Gasteiger partial charge < -0.3 is 15.3 Å². The summed E-state index contributed by atoms with van der Waals surface area (Å²) in [5.41, 5.74) is 2.18. The van der Waals surface area contributed by atoms with E-state index in [0.717, 1.165) is 43.5 Å². The van der Waals surface area contributed by atoms with Crippen molar-refractivity contribution >= 4 is 39.2 Å². The average molecular weight is 546 g/mol. The summed E-state index contributed by atoms with van der Waals surface area (Å²) < 4.78 is 39.1. The van der Waals surface area contributed by atoms with Crippen LogP contribution in [0.4, 0.5) is 30.5 Å². The second-order valence-corrected chi connectivity index (χ2v) is 10.7. The van der Waals surface area contributed by atoms with Crippen LogP contribution in [0.25, 0.3) is 0 Å². The highest BCUT2D eigenvalue weighted by Gasteiger charge is 2.35. The number of aromatic amines is 1. The van der Waals surface area contributed by atoms with Crippen molar-refractivity contribution in [1.29, 1.82) is 0 Å². The highest BCUT2D eigenvalue weighted by Crippen LogP contribution is 2.38. The number of carboxylic acid groups (broad SMARTS) is 1. The van der Waals surface area contributed by atoms with E-state index in [0.29, 0.717) is 16.4 Å². The predicted molar refractivity (Wildman–Crippen MR) is 129 cm³/mol. The van der Waals surface area contributed by atoms with Gasteiger partial charge in [-0.15, -0.1) is 5.10 Å². The van der Waals surface area contributed by atoms with Gasteiger partial charge in [-0.05, 0) is 55.2 Å². The highest BCUT2D eigenvalue weighted by molar-refractivity contribution is 9.09. The first kappa shape index (κ1) is 26.3. The molecule has 3 N–H and O–H groups in total. The van der Waals surface area contributed by atoms with Crippen molar-refractivity contribution in [2.75, 3.05) is 16.8 Å². The molecule has 2 aromatic rings. The summed E-state index contributed by atoms with van der Waals surface area (Å²) in [5.74, 6) is -2.19. The summed E-state index contributed by atoms with van der Waals surface area (Å²) in [7, 11) is 0. The minimum absolute atomic E-state index is 0.0529. The van der Waals surface area contributed by atoms with Crippen LogP contribution >= 0.6 is 15.9 Å². The Morgan fingerprint density at radius 1 is 1.26 bits per heavy atom. The first-order valence-electron chi connectivity index (χ1n) is 11.5. The minimum atomic E-state index is -4.63. The zero-order valence-electron chi connectivity index (χ0n) is 19.5. The molecule has 7 nitrogen and oxygen atoms in total. The van der Waals surface area contributed by atoms with Crippen molar-refractivity contribution < 1.29 is 23.1 Å². The number of H-pyrrole nitrogens is 1. The van der Waals surface area contributed by atoms with Crippen molar-refractivity contribution in [3.8, 4) is 0 Å². The van der Waals surface area contributed by atoms with Crippen molar-refractivity contribution in [1.82, 2.24) is 15.2 Å². The molecule has 0 bridgehead atoms. The molecule has 0 aliphatic heterocycles. The van der Waals surface area contributed by atoms with Gasteiger partial charge in [0, 0.05) is 17.4 Å². The normalized spacial score (nSPS) is 19.8. The second-order valence-electron chi connectivity index (χ2n) is 9.36. The smallest absolute Gasteiger partial charge is 0.451 e. The average Bonchev–Trinajstić information content (AvgIpc) is 3.21. The number of rotatable bonds is 9. The molecular weight excluding hydrogens is 515 g/mol. The lowest BCUT2D eigenvalue weighted by Gasteiger charge is -2.39. The maximum atomic E-state index is 13.0. The number of halogens is 4. The van der Waals surface area contributed by atoms with E-state index in [-0.39, 0.29) is 24.3 Å². The van der Waals surface area contributed by atoms with E-state index in [1.54, 1.807) is 6.07 Å². The monoisotopic (exact) mass is 545 g/mol. The Bertz CT molecular complexity index is 974. The van der Waals surface area contributed by atoms with Crippen molar-refractivity contribution in [2.24, 2.45) is 5.92 Å². The van der Waals surface area contributed by atoms with Gasteiger partial charge in [0.05, 0.1) is 17.8 Å². The number of anilines is 3. The molecule has 1 aromatic heterocycles.